The number of allylic oxidation sites excluding steroid dienone is 1. The predicted molar refractivity (Wildman–Crippen MR) is 76.9 cm³/mol. The lowest BCUT2D eigenvalue weighted by molar-refractivity contribution is -0.115. The summed E-state index contributed by atoms with van der Waals surface area (Å²) in [6.45, 7) is 0. The van der Waals surface area contributed by atoms with Crippen LogP contribution in [0.2, 0.25) is 0 Å². The molecule has 2 rings (SSSR count). The first-order chi connectivity index (χ1) is 10.3. The molecule has 1 aliphatic rings. The van der Waals surface area contributed by atoms with Crippen molar-refractivity contribution >= 4 is 40.7 Å². The number of nitrogens with zero attached hydrogens (tertiary/aromatic N) is 2. The standard InChI is InChI=1S/C13H9F3N2O3S/c14-13(15,16)6-5-8-3-1-2-4-9(8)18-10(19)7-22-11(18)17-12(20)21/h1-6H,7H2,(H,20,21)/b6-5+,17-11?. The van der Waals surface area contributed by atoms with Crippen molar-refractivity contribution in [2.75, 3.05) is 10.7 Å². The zero-order valence-corrected chi connectivity index (χ0v) is 11.7. The molecule has 0 atom stereocenters. The van der Waals surface area contributed by atoms with Gasteiger partial charge in [0.2, 0.25) is 5.91 Å². The van der Waals surface area contributed by atoms with E-state index in [0.717, 1.165) is 22.7 Å². The van der Waals surface area contributed by atoms with Crippen LogP contribution in [-0.4, -0.2) is 34.2 Å². The second-order valence-corrected chi connectivity index (χ2v) is 5.07. The van der Waals surface area contributed by atoms with Crippen LogP contribution in [0, 0.1) is 0 Å². The molecular formula is C13H9F3N2O3S. The van der Waals surface area contributed by atoms with Gasteiger partial charge in [-0.05, 0) is 17.7 Å². The molecule has 0 unspecified atom stereocenters. The molecule has 1 aromatic carbocycles. The normalized spacial score (nSPS) is 17.7. The fraction of sp³-hybridized carbons (Fsp3) is 0.154. The van der Waals surface area contributed by atoms with Gasteiger partial charge in [0.05, 0.1) is 11.4 Å². The highest BCUT2D eigenvalue weighted by Crippen LogP contribution is 2.31. The molecule has 0 aliphatic carbocycles. The highest BCUT2D eigenvalue weighted by Gasteiger charge is 2.31. The molecule has 1 fully saturated rings. The van der Waals surface area contributed by atoms with E-state index in [2.05, 4.69) is 4.99 Å². The Morgan fingerprint density at radius 3 is 2.68 bits per heavy atom. The molecule has 1 N–H and O–H groups in total. The van der Waals surface area contributed by atoms with Crippen LogP contribution < -0.4 is 4.90 Å². The molecule has 0 bridgehead atoms. The van der Waals surface area contributed by atoms with Crippen LogP contribution in [0.25, 0.3) is 6.08 Å². The zero-order valence-electron chi connectivity index (χ0n) is 10.9. The van der Waals surface area contributed by atoms with Gasteiger partial charge in [0.1, 0.15) is 0 Å². The van der Waals surface area contributed by atoms with E-state index in [1.54, 1.807) is 0 Å². The van der Waals surface area contributed by atoms with Crippen molar-refractivity contribution < 1.29 is 27.9 Å². The van der Waals surface area contributed by atoms with E-state index < -0.39 is 18.2 Å². The summed E-state index contributed by atoms with van der Waals surface area (Å²) in [5, 5.41) is 8.62. The predicted octanol–water partition coefficient (Wildman–Crippen LogP) is 3.38. The molecule has 0 spiro atoms. The maximum Gasteiger partial charge on any atom is 0.433 e. The Kier molecular flexibility index (Phi) is 4.55. The molecule has 9 heteroatoms. The second kappa shape index (κ2) is 6.22. The topological polar surface area (TPSA) is 70.0 Å². The number of amidine groups is 1. The molecule has 1 saturated heterocycles. The lowest BCUT2D eigenvalue weighted by Gasteiger charge is -2.18. The number of hydrogen-bond donors (Lipinski definition) is 1. The molecule has 116 valence electrons. The van der Waals surface area contributed by atoms with Crippen LogP contribution in [0.1, 0.15) is 5.56 Å². The van der Waals surface area contributed by atoms with Gasteiger partial charge in [0.25, 0.3) is 0 Å². The second-order valence-electron chi connectivity index (χ2n) is 4.13. The Morgan fingerprint density at radius 1 is 1.36 bits per heavy atom. The maximum absolute atomic E-state index is 12.3. The number of thioether (sulfide) groups is 1. The van der Waals surface area contributed by atoms with Crippen molar-refractivity contribution in [1.82, 2.24) is 0 Å². The molecule has 1 heterocycles. The van der Waals surface area contributed by atoms with Gasteiger partial charge < -0.3 is 5.11 Å². The smallest absolute Gasteiger partial charge is 0.433 e. The summed E-state index contributed by atoms with van der Waals surface area (Å²) in [5.74, 6) is -0.471. The van der Waals surface area contributed by atoms with Crippen LogP contribution in [0.3, 0.4) is 0 Å². The summed E-state index contributed by atoms with van der Waals surface area (Å²) in [6.07, 6.45) is -5.10. The maximum atomic E-state index is 12.3. The number of hydrogen-bond acceptors (Lipinski definition) is 3. The van der Waals surface area contributed by atoms with Gasteiger partial charge in [0.15, 0.2) is 5.17 Å². The number of carbonyl (C=O) groups excluding carboxylic acids is 1. The molecule has 22 heavy (non-hydrogen) atoms. The minimum Gasteiger partial charge on any atom is -0.463 e. The summed E-state index contributed by atoms with van der Waals surface area (Å²) in [6, 6.07) is 5.87. The molecule has 1 aromatic rings. The van der Waals surface area contributed by atoms with Crippen LogP contribution in [0.5, 0.6) is 0 Å². The largest absolute Gasteiger partial charge is 0.463 e. The molecule has 2 amide bonds. The van der Waals surface area contributed by atoms with Gasteiger partial charge in [0, 0.05) is 6.08 Å². The van der Waals surface area contributed by atoms with Crippen molar-refractivity contribution in [1.29, 1.82) is 0 Å². The Labute approximate surface area is 127 Å². The summed E-state index contributed by atoms with van der Waals surface area (Å²) < 4.78 is 36.9. The zero-order chi connectivity index (χ0) is 16.3. The van der Waals surface area contributed by atoms with Crippen LogP contribution >= 0.6 is 11.8 Å². The number of anilines is 1. The summed E-state index contributed by atoms with van der Waals surface area (Å²) in [5.41, 5.74) is 0.284. The van der Waals surface area contributed by atoms with E-state index >= 15 is 0 Å². The van der Waals surface area contributed by atoms with Crippen molar-refractivity contribution in [3.05, 3.63) is 35.9 Å². The molecule has 0 aromatic heterocycles. The van der Waals surface area contributed by atoms with Gasteiger partial charge in [-0.25, -0.2) is 4.79 Å². The molecular weight excluding hydrogens is 321 g/mol. The monoisotopic (exact) mass is 330 g/mol. The van der Waals surface area contributed by atoms with Gasteiger partial charge in [-0.3, -0.25) is 9.69 Å². The van der Waals surface area contributed by atoms with Gasteiger partial charge in [-0.1, -0.05) is 30.0 Å². The lowest BCUT2D eigenvalue weighted by atomic mass is 10.1. The van der Waals surface area contributed by atoms with Crippen molar-refractivity contribution in [2.45, 2.75) is 6.18 Å². The average Bonchev–Trinajstić information content (AvgIpc) is 2.76. The summed E-state index contributed by atoms with van der Waals surface area (Å²) in [4.78, 5) is 26.9. The first-order valence-corrected chi connectivity index (χ1v) is 6.89. The first kappa shape index (κ1) is 16.1. The molecule has 0 radical (unpaired) electrons. The van der Waals surface area contributed by atoms with E-state index in [9.17, 15) is 22.8 Å². The third-order valence-corrected chi connectivity index (χ3v) is 3.51. The quantitative estimate of drug-likeness (QED) is 0.902. The van der Waals surface area contributed by atoms with E-state index in [4.69, 9.17) is 5.11 Å². The van der Waals surface area contributed by atoms with Crippen LogP contribution in [0.15, 0.2) is 35.3 Å². The number of amides is 2. The van der Waals surface area contributed by atoms with Crippen molar-refractivity contribution in [3.8, 4) is 0 Å². The Hall–Kier alpha value is -2.29. The number of alkyl halides is 3. The van der Waals surface area contributed by atoms with E-state index in [1.165, 1.54) is 24.3 Å². The highest BCUT2D eigenvalue weighted by molar-refractivity contribution is 8.15. The van der Waals surface area contributed by atoms with Crippen LogP contribution in [-0.2, 0) is 4.79 Å². The number of para-hydroxylation sites is 1. The first-order valence-electron chi connectivity index (χ1n) is 5.90. The fourth-order valence-electron chi connectivity index (χ4n) is 1.78. The Balaban J connectivity index is 2.45. The number of aliphatic imine (C=N–C) groups is 1. The third kappa shape index (κ3) is 3.88. The Morgan fingerprint density at radius 2 is 2.05 bits per heavy atom. The molecule has 5 nitrogen and oxygen atoms in total. The van der Waals surface area contributed by atoms with Crippen molar-refractivity contribution in [2.24, 2.45) is 4.99 Å². The Bertz CT molecular complexity index is 671. The van der Waals surface area contributed by atoms with E-state index in [-0.39, 0.29) is 28.2 Å². The minimum atomic E-state index is -4.49. The molecule has 0 saturated carbocycles. The third-order valence-electron chi connectivity index (χ3n) is 2.59. The van der Waals surface area contributed by atoms with E-state index in [1.807, 2.05) is 0 Å². The van der Waals surface area contributed by atoms with Crippen molar-refractivity contribution in [3.63, 3.8) is 0 Å². The lowest BCUT2D eigenvalue weighted by Crippen LogP contribution is -2.30. The number of halogens is 3. The summed E-state index contributed by atoms with van der Waals surface area (Å²) in [7, 11) is 0. The van der Waals surface area contributed by atoms with Gasteiger partial charge in [-0.2, -0.15) is 18.2 Å². The minimum absolute atomic E-state index is 0.0244. The fourth-order valence-corrected chi connectivity index (χ4v) is 2.63. The van der Waals surface area contributed by atoms with Crippen LogP contribution in [0.4, 0.5) is 23.7 Å². The SMILES string of the molecule is O=C(O)N=C1SCC(=O)N1c1ccccc1/C=C/C(F)(F)F. The highest BCUT2D eigenvalue weighted by atomic mass is 32.2. The summed E-state index contributed by atoms with van der Waals surface area (Å²) >= 11 is 0.913. The number of rotatable bonds is 2. The number of carbonyl (C=O) groups is 2. The number of carboxylic acid groups (broad SMARTS) is 1. The number of benzene rings is 1. The molecule has 1 aliphatic heterocycles. The average molecular weight is 330 g/mol. The van der Waals surface area contributed by atoms with Gasteiger partial charge >= 0.3 is 12.3 Å². The van der Waals surface area contributed by atoms with E-state index in [0.29, 0.717) is 0 Å². The van der Waals surface area contributed by atoms with Gasteiger partial charge in [-0.15, -0.1) is 0 Å².